The number of esters is 1. The molecule has 0 radical (unpaired) electrons. The molecule has 0 N–H and O–H groups in total. The van der Waals surface area contributed by atoms with Gasteiger partial charge < -0.3 is 18.9 Å². The van der Waals surface area contributed by atoms with Crippen LogP contribution in [-0.4, -0.2) is 48.8 Å². The molecule has 0 aliphatic heterocycles. The lowest BCUT2D eigenvalue weighted by Crippen LogP contribution is -2.38. The van der Waals surface area contributed by atoms with Gasteiger partial charge in [0.15, 0.2) is 11.5 Å². The van der Waals surface area contributed by atoms with Gasteiger partial charge in [0.2, 0.25) is 0 Å². The number of amides is 1. The fourth-order valence-corrected chi connectivity index (χ4v) is 3.65. The van der Waals surface area contributed by atoms with Crippen LogP contribution in [0.3, 0.4) is 0 Å². The highest BCUT2D eigenvalue weighted by Crippen LogP contribution is 2.29. The zero-order valence-electron chi connectivity index (χ0n) is 21.2. The molecular formula is C28H31ClN2O6. The highest BCUT2D eigenvalue weighted by molar-refractivity contribution is 6.30. The molecule has 0 saturated carbocycles. The van der Waals surface area contributed by atoms with Gasteiger partial charge in [-0.05, 0) is 60.9 Å². The van der Waals surface area contributed by atoms with Gasteiger partial charge in [-0.2, -0.15) is 0 Å². The molecule has 1 amide bonds. The third-order valence-corrected chi connectivity index (χ3v) is 5.63. The van der Waals surface area contributed by atoms with E-state index in [-0.39, 0.29) is 25.4 Å². The van der Waals surface area contributed by atoms with Crippen LogP contribution in [0, 0.1) is 0 Å². The van der Waals surface area contributed by atoms with Crippen molar-refractivity contribution in [2.45, 2.75) is 33.2 Å². The van der Waals surface area contributed by atoms with Gasteiger partial charge in [0.05, 0.1) is 20.3 Å². The number of ether oxygens (including phenoxy) is 4. The predicted molar refractivity (Wildman–Crippen MR) is 140 cm³/mol. The van der Waals surface area contributed by atoms with Gasteiger partial charge in [-0.25, -0.2) is 4.79 Å². The highest BCUT2D eigenvalue weighted by Gasteiger charge is 2.21. The molecule has 0 unspecified atom stereocenters. The molecule has 0 saturated heterocycles. The van der Waals surface area contributed by atoms with Crippen molar-refractivity contribution >= 4 is 23.7 Å². The number of aryl methyl sites for hydroxylation is 1. The minimum Gasteiger partial charge on any atom is -0.493 e. The van der Waals surface area contributed by atoms with Crippen molar-refractivity contribution < 1.29 is 28.5 Å². The summed E-state index contributed by atoms with van der Waals surface area (Å²) in [6.45, 7) is 4.18. The van der Waals surface area contributed by atoms with Gasteiger partial charge in [-0.3, -0.25) is 14.7 Å². The molecule has 0 bridgehead atoms. The number of nitrogens with zero attached hydrogens (tertiary/aromatic N) is 2. The second-order valence-corrected chi connectivity index (χ2v) is 8.52. The van der Waals surface area contributed by atoms with Crippen LogP contribution in [0.5, 0.6) is 17.2 Å². The van der Waals surface area contributed by atoms with Crippen molar-refractivity contribution in [2.75, 3.05) is 26.9 Å². The van der Waals surface area contributed by atoms with Crippen molar-refractivity contribution in [3.8, 4) is 17.2 Å². The summed E-state index contributed by atoms with van der Waals surface area (Å²) in [6.07, 6.45) is 2.72. The molecule has 1 aromatic heterocycles. The largest absolute Gasteiger partial charge is 0.493 e. The molecule has 1 heterocycles. The van der Waals surface area contributed by atoms with Gasteiger partial charge in [0.1, 0.15) is 12.3 Å². The van der Waals surface area contributed by atoms with Crippen LogP contribution in [0.1, 0.15) is 30.7 Å². The molecule has 0 aliphatic rings. The molecule has 9 heteroatoms. The number of pyridine rings is 1. The number of carbonyl (C=O) groups is 2. The summed E-state index contributed by atoms with van der Waals surface area (Å²) in [5.41, 5.74) is 2.82. The van der Waals surface area contributed by atoms with E-state index in [0.717, 1.165) is 12.1 Å². The Morgan fingerprint density at radius 3 is 2.49 bits per heavy atom. The first-order chi connectivity index (χ1) is 17.9. The average Bonchev–Trinajstić information content (AvgIpc) is 2.89. The van der Waals surface area contributed by atoms with Crippen LogP contribution in [0.4, 0.5) is 4.79 Å². The first kappa shape index (κ1) is 27.8. The molecule has 3 rings (SSSR count). The minimum atomic E-state index is -0.713. The summed E-state index contributed by atoms with van der Waals surface area (Å²) in [7, 11) is 1.56. The van der Waals surface area contributed by atoms with Crippen LogP contribution < -0.4 is 14.2 Å². The topological polar surface area (TPSA) is 87.2 Å². The van der Waals surface area contributed by atoms with Crippen LogP contribution in [0.15, 0.2) is 60.8 Å². The van der Waals surface area contributed by atoms with E-state index in [1.54, 1.807) is 50.4 Å². The summed E-state index contributed by atoms with van der Waals surface area (Å²) < 4.78 is 21.9. The van der Waals surface area contributed by atoms with Gasteiger partial charge >= 0.3 is 12.1 Å². The van der Waals surface area contributed by atoms with E-state index in [1.165, 1.54) is 16.5 Å². The molecule has 3 aromatic rings. The Kier molecular flexibility index (Phi) is 10.6. The SMILES string of the molecule is CCOC(=O)CN(Cc1ccc(OC)c(OCCc2ccc(CC)cn2)c1)C(=O)Oc1cccc(Cl)c1. The number of hydrogen-bond acceptors (Lipinski definition) is 7. The first-order valence-corrected chi connectivity index (χ1v) is 12.4. The summed E-state index contributed by atoms with van der Waals surface area (Å²) in [5.74, 6) is 0.795. The lowest BCUT2D eigenvalue weighted by Gasteiger charge is -2.22. The van der Waals surface area contributed by atoms with E-state index in [9.17, 15) is 9.59 Å². The van der Waals surface area contributed by atoms with E-state index in [2.05, 4.69) is 18.0 Å². The highest BCUT2D eigenvalue weighted by atomic mass is 35.5. The van der Waals surface area contributed by atoms with Gasteiger partial charge in [-0.1, -0.05) is 36.7 Å². The average molecular weight is 527 g/mol. The number of carbonyl (C=O) groups excluding carboxylic acids is 2. The molecule has 37 heavy (non-hydrogen) atoms. The van der Waals surface area contributed by atoms with Crippen LogP contribution in [-0.2, 0) is 28.9 Å². The molecule has 0 atom stereocenters. The Morgan fingerprint density at radius 1 is 1.00 bits per heavy atom. The lowest BCUT2D eigenvalue weighted by atomic mass is 10.2. The molecule has 8 nitrogen and oxygen atoms in total. The maximum absolute atomic E-state index is 12.9. The van der Waals surface area contributed by atoms with E-state index in [1.807, 2.05) is 12.3 Å². The first-order valence-electron chi connectivity index (χ1n) is 12.0. The number of aromatic nitrogens is 1. The van der Waals surface area contributed by atoms with E-state index in [4.69, 9.17) is 30.5 Å². The predicted octanol–water partition coefficient (Wildman–Crippen LogP) is 5.49. The minimum absolute atomic E-state index is 0.0819. The Bertz CT molecular complexity index is 1190. The molecule has 2 aromatic carbocycles. The fraction of sp³-hybridized carbons (Fsp3) is 0.321. The van der Waals surface area contributed by atoms with Gasteiger partial charge in [0.25, 0.3) is 0 Å². The molecule has 0 aliphatic carbocycles. The van der Waals surface area contributed by atoms with E-state index in [0.29, 0.717) is 35.1 Å². The molecule has 0 fully saturated rings. The third kappa shape index (κ3) is 8.68. The standard InChI is InChI=1S/C28H31ClN2O6/c1-4-20-9-11-23(30-17-20)13-14-36-26-15-21(10-12-25(26)34-3)18-31(19-27(32)35-5-2)28(33)37-24-8-6-7-22(29)16-24/h6-12,15-17H,4-5,13-14,18-19H2,1-3H3. The second kappa shape index (κ2) is 14.1. The van der Waals surface area contributed by atoms with Crippen LogP contribution in [0.25, 0.3) is 0 Å². The monoisotopic (exact) mass is 526 g/mol. The van der Waals surface area contributed by atoms with Gasteiger partial charge in [-0.15, -0.1) is 0 Å². The number of halogens is 1. The number of methoxy groups -OCH3 is 1. The van der Waals surface area contributed by atoms with Crippen LogP contribution >= 0.6 is 11.6 Å². The van der Waals surface area contributed by atoms with Crippen molar-refractivity contribution in [2.24, 2.45) is 0 Å². The second-order valence-electron chi connectivity index (χ2n) is 8.08. The van der Waals surface area contributed by atoms with Crippen molar-refractivity contribution in [1.82, 2.24) is 9.88 Å². The zero-order chi connectivity index (χ0) is 26.6. The Labute approximate surface area is 222 Å². The molecule has 196 valence electrons. The number of rotatable bonds is 12. The fourth-order valence-electron chi connectivity index (χ4n) is 3.47. The smallest absolute Gasteiger partial charge is 0.416 e. The van der Waals surface area contributed by atoms with Crippen molar-refractivity contribution in [3.63, 3.8) is 0 Å². The maximum Gasteiger partial charge on any atom is 0.416 e. The quantitative estimate of drug-likeness (QED) is 0.288. The Hall–Kier alpha value is -3.78. The summed E-state index contributed by atoms with van der Waals surface area (Å²) in [5, 5.41) is 0.427. The summed E-state index contributed by atoms with van der Waals surface area (Å²) in [6, 6.07) is 15.8. The van der Waals surface area contributed by atoms with Gasteiger partial charge in [0, 0.05) is 29.9 Å². The van der Waals surface area contributed by atoms with E-state index < -0.39 is 12.1 Å². The summed E-state index contributed by atoms with van der Waals surface area (Å²) in [4.78, 5) is 30.9. The Morgan fingerprint density at radius 2 is 1.81 bits per heavy atom. The maximum atomic E-state index is 12.9. The van der Waals surface area contributed by atoms with Crippen LogP contribution in [0.2, 0.25) is 5.02 Å². The zero-order valence-corrected chi connectivity index (χ0v) is 22.0. The van der Waals surface area contributed by atoms with Crippen molar-refractivity contribution in [1.29, 1.82) is 0 Å². The third-order valence-electron chi connectivity index (χ3n) is 5.40. The normalized spacial score (nSPS) is 10.5. The lowest BCUT2D eigenvalue weighted by molar-refractivity contribution is -0.144. The Balaban J connectivity index is 1.72. The number of hydrogen-bond donors (Lipinski definition) is 0. The molecule has 0 spiro atoms. The van der Waals surface area contributed by atoms with E-state index >= 15 is 0 Å². The molecular weight excluding hydrogens is 496 g/mol. The summed E-state index contributed by atoms with van der Waals surface area (Å²) >= 11 is 5.99. The number of benzene rings is 2. The van der Waals surface area contributed by atoms with Crippen molar-refractivity contribution in [3.05, 3.63) is 82.6 Å².